The van der Waals surface area contributed by atoms with Crippen LogP contribution in [0.3, 0.4) is 0 Å². The summed E-state index contributed by atoms with van der Waals surface area (Å²) in [6.45, 7) is 4.96. The Morgan fingerprint density at radius 3 is 2.80 bits per heavy atom. The number of halogens is 1. The van der Waals surface area contributed by atoms with Gasteiger partial charge in [-0.3, -0.25) is 4.90 Å². The van der Waals surface area contributed by atoms with Crippen molar-refractivity contribution in [3.63, 3.8) is 0 Å². The van der Waals surface area contributed by atoms with E-state index in [9.17, 15) is 0 Å². The van der Waals surface area contributed by atoms with Gasteiger partial charge in [0.25, 0.3) is 0 Å². The van der Waals surface area contributed by atoms with Crippen LogP contribution in [-0.4, -0.2) is 26.4 Å². The minimum absolute atomic E-state index is 0.564. The second-order valence-electron chi connectivity index (χ2n) is 7.43. The summed E-state index contributed by atoms with van der Waals surface area (Å²) in [7, 11) is 0. The first-order valence-corrected chi connectivity index (χ1v) is 9.75. The van der Waals surface area contributed by atoms with Crippen LogP contribution in [0.25, 0.3) is 0 Å². The molecule has 0 N–H and O–H groups in total. The largest absolute Gasteiger partial charge is 0.294 e. The van der Waals surface area contributed by atoms with Crippen LogP contribution in [-0.2, 0) is 19.5 Å². The van der Waals surface area contributed by atoms with Crippen LogP contribution in [0.2, 0.25) is 5.15 Å². The summed E-state index contributed by atoms with van der Waals surface area (Å²) >= 11 is 5.96. The standard InChI is InChI=1S/C20H25ClN4/c1-14-9-19(21)22-10-16(14)12-25-8-7-18-17(13-25)11-23-20(24-18)15-5-3-2-4-6-15/h9-11,15H,2-8,12-13H2,1H3. The molecular weight excluding hydrogens is 332 g/mol. The molecule has 1 fully saturated rings. The molecule has 0 atom stereocenters. The predicted molar refractivity (Wildman–Crippen MR) is 99.7 cm³/mol. The van der Waals surface area contributed by atoms with Gasteiger partial charge in [-0.1, -0.05) is 30.9 Å². The number of pyridine rings is 1. The zero-order valence-corrected chi connectivity index (χ0v) is 15.6. The molecule has 1 saturated carbocycles. The highest BCUT2D eigenvalue weighted by Gasteiger charge is 2.23. The van der Waals surface area contributed by atoms with Crippen molar-refractivity contribution in [3.8, 4) is 0 Å². The Labute approximate surface area is 154 Å². The van der Waals surface area contributed by atoms with Crippen molar-refractivity contribution in [2.24, 2.45) is 0 Å². The first-order chi connectivity index (χ1) is 12.2. The van der Waals surface area contributed by atoms with Gasteiger partial charge in [0, 0.05) is 55.6 Å². The molecule has 0 amide bonds. The summed E-state index contributed by atoms with van der Waals surface area (Å²) < 4.78 is 0. The van der Waals surface area contributed by atoms with Crippen LogP contribution in [0.5, 0.6) is 0 Å². The molecule has 0 aromatic carbocycles. The fourth-order valence-electron chi connectivity index (χ4n) is 4.04. The molecule has 2 aliphatic rings. The molecule has 1 aliphatic carbocycles. The van der Waals surface area contributed by atoms with Crippen molar-refractivity contribution in [1.29, 1.82) is 0 Å². The van der Waals surface area contributed by atoms with E-state index in [1.54, 1.807) is 0 Å². The Bertz CT molecular complexity index is 755. The van der Waals surface area contributed by atoms with Crippen molar-refractivity contribution in [2.45, 2.75) is 64.5 Å². The van der Waals surface area contributed by atoms with Gasteiger partial charge in [-0.05, 0) is 37.0 Å². The second-order valence-corrected chi connectivity index (χ2v) is 7.82. The molecule has 132 valence electrons. The Hall–Kier alpha value is -1.52. The quantitative estimate of drug-likeness (QED) is 0.762. The smallest absolute Gasteiger partial charge is 0.131 e. The Morgan fingerprint density at radius 2 is 2.00 bits per heavy atom. The lowest BCUT2D eigenvalue weighted by Gasteiger charge is -2.29. The van der Waals surface area contributed by atoms with E-state index in [-0.39, 0.29) is 0 Å². The molecule has 3 heterocycles. The molecule has 1 aliphatic heterocycles. The zero-order chi connectivity index (χ0) is 17.2. The van der Waals surface area contributed by atoms with E-state index in [1.165, 1.54) is 54.5 Å². The van der Waals surface area contributed by atoms with Gasteiger partial charge in [-0.15, -0.1) is 0 Å². The number of hydrogen-bond donors (Lipinski definition) is 0. The normalized spacial score (nSPS) is 19.0. The molecular formula is C20H25ClN4. The minimum atomic E-state index is 0.564. The highest BCUT2D eigenvalue weighted by molar-refractivity contribution is 6.29. The molecule has 4 rings (SSSR count). The van der Waals surface area contributed by atoms with Gasteiger partial charge in [0.15, 0.2) is 0 Å². The molecule has 2 aromatic heterocycles. The first kappa shape index (κ1) is 16.9. The fraction of sp³-hybridized carbons (Fsp3) is 0.550. The number of rotatable bonds is 3. The van der Waals surface area contributed by atoms with Gasteiger partial charge in [0.05, 0.1) is 0 Å². The van der Waals surface area contributed by atoms with Gasteiger partial charge >= 0.3 is 0 Å². The van der Waals surface area contributed by atoms with Gasteiger partial charge in [0.2, 0.25) is 0 Å². The molecule has 2 aromatic rings. The van der Waals surface area contributed by atoms with Crippen LogP contribution < -0.4 is 0 Å². The highest BCUT2D eigenvalue weighted by atomic mass is 35.5. The van der Waals surface area contributed by atoms with Crippen LogP contribution in [0.15, 0.2) is 18.5 Å². The molecule has 0 unspecified atom stereocenters. The Balaban J connectivity index is 1.46. The molecule has 0 saturated heterocycles. The number of aryl methyl sites for hydroxylation is 1. The summed E-state index contributed by atoms with van der Waals surface area (Å²) in [5.74, 6) is 1.67. The SMILES string of the molecule is Cc1cc(Cl)ncc1CN1CCc2nc(C3CCCCC3)ncc2C1. The third-order valence-corrected chi connectivity index (χ3v) is 5.79. The first-order valence-electron chi connectivity index (χ1n) is 9.37. The van der Waals surface area contributed by atoms with E-state index in [1.807, 2.05) is 12.3 Å². The van der Waals surface area contributed by atoms with E-state index >= 15 is 0 Å². The van der Waals surface area contributed by atoms with Crippen molar-refractivity contribution in [2.75, 3.05) is 6.54 Å². The average Bonchev–Trinajstić information content (AvgIpc) is 2.64. The average molecular weight is 357 g/mol. The monoisotopic (exact) mass is 356 g/mol. The van der Waals surface area contributed by atoms with Crippen LogP contribution in [0.1, 0.15) is 66.2 Å². The molecule has 0 bridgehead atoms. The Morgan fingerprint density at radius 1 is 1.16 bits per heavy atom. The van der Waals surface area contributed by atoms with Crippen molar-refractivity contribution in [3.05, 3.63) is 51.8 Å². The molecule has 4 nitrogen and oxygen atoms in total. The molecule has 0 radical (unpaired) electrons. The number of aromatic nitrogens is 3. The predicted octanol–water partition coefficient (Wildman–Crippen LogP) is 4.44. The summed E-state index contributed by atoms with van der Waals surface area (Å²) in [4.78, 5) is 16.3. The number of nitrogens with zero attached hydrogens (tertiary/aromatic N) is 4. The van der Waals surface area contributed by atoms with E-state index in [0.717, 1.165) is 31.9 Å². The molecule has 0 spiro atoms. The van der Waals surface area contributed by atoms with E-state index in [2.05, 4.69) is 23.0 Å². The van der Waals surface area contributed by atoms with E-state index in [4.69, 9.17) is 21.6 Å². The molecule has 5 heteroatoms. The maximum absolute atomic E-state index is 5.96. The summed E-state index contributed by atoms with van der Waals surface area (Å²) in [6.07, 6.45) is 11.5. The number of fused-ring (bicyclic) bond motifs is 1. The zero-order valence-electron chi connectivity index (χ0n) is 14.8. The summed E-state index contributed by atoms with van der Waals surface area (Å²) in [6, 6.07) is 1.94. The van der Waals surface area contributed by atoms with Gasteiger partial charge in [-0.2, -0.15) is 0 Å². The third-order valence-electron chi connectivity index (χ3n) is 5.58. The van der Waals surface area contributed by atoms with Crippen molar-refractivity contribution < 1.29 is 0 Å². The second kappa shape index (κ2) is 7.38. The third kappa shape index (κ3) is 3.85. The lowest BCUT2D eigenvalue weighted by molar-refractivity contribution is 0.241. The van der Waals surface area contributed by atoms with Gasteiger partial charge < -0.3 is 0 Å². The summed E-state index contributed by atoms with van der Waals surface area (Å²) in [5, 5.41) is 0.564. The minimum Gasteiger partial charge on any atom is -0.294 e. The molecule has 25 heavy (non-hydrogen) atoms. The summed E-state index contributed by atoms with van der Waals surface area (Å²) in [5.41, 5.74) is 4.99. The van der Waals surface area contributed by atoms with E-state index < -0.39 is 0 Å². The van der Waals surface area contributed by atoms with Crippen LogP contribution >= 0.6 is 11.6 Å². The lowest BCUT2D eigenvalue weighted by Crippen LogP contribution is -2.31. The van der Waals surface area contributed by atoms with Crippen LogP contribution in [0.4, 0.5) is 0 Å². The van der Waals surface area contributed by atoms with E-state index in [0.29, 0.717) is 11.1 Å². The topological polar surface area (TPSA) is 41.9 Å². The van der Waals surface area contributed by atoms with Crippen LogP contribution in [0, 0.1) is 6.92 Å². The van der Waals surface area contributed by atoms with Gasteiger partial charge in [-0.25, -0.2) is 15.0 Å². The van der Waals surface area contributed by atoms with Crippen molar-refractivity contribution >= 4 is 11.6 Å². The van der Waals surface area contributed by atoms with Gasteiger partial charge in [0.1, 0.15) is 11.0 Å². The lowest BCUT2D eigenvalue weighted by atomic mass is 9.88. The maximum Gasteiger partial charge on any atom is 0.131 e. The number of hydrogen-bond acceptors (Lipinski definition) is 4. The maximum atomic E-state index is 5.96. The highest BCUT2D eigenvalue weighted by Crippen LogP contribution is 2.31. The fourth-order valence-corrected chi connectivity index (χ4v) is 4.25. The van der Waals surface area contributed by atoms with Crippen molar-refractivity contribution in [1.82, 2.24) is 19.9 Å². The Kier molecular flexibility index (Phi) is 5.00.